The molecule has 3 nitrogen and oxygen atoms in total. The number of halogens is 4. The van der Waals surface area contributed by atoms with Crippen LogP contribution >= 0.6 is 15.9 Å². The Bertz CT molecular complexity index is 465. The molecule has 0 saturated carbocycles. The molecular formula is C13H17BrF3N3. The van der Waals surface area contributed by atoms with Crippen LogP contribution in [0.3, 0.4) is 0 Å². The summed E-state index contributed by atoms with van der Waals surface area (Å²) in [6.45, 7) is 2.75. The Labute approximate surface area is 124 Å². The van der Waals surface area contributed by atoms with E-state index in [1.54, 1.807) is 0 Å². The molecular weight excluding hydrogens is 335 g/mol. The second-order valence-electron chi connectivity index (χ2n) is 5.15. The molecule has 1 aromatic rings. The van der Waals surface area contributed by atoms with E-state index in [9.17, 15) is 13.2 Å². The number of rotatable bonds is 4. The summed E-state index contributed by atoms with van der Waals surface area (Å²) in [6.07, 6.45) is -3.31. The van der Waals surface area contributed by atoms with Gasteiger partial charge in [-0.1, -0.05) is 0 Å². The SMILES string of the molecule is Cc1nc(NCC2CCN(CC(F)(F)F)C2)ccc1Br. The van der Waals surface area contributed by atoms with Gasteiger partial charge in [0.1, 0.15) is 5.82 Å². The van der Waals surface area contributed by atoms with E-state index in [4.69, 9.17) is 0 Å². The molecule has 2 rings (SSSR count). The van der Waals surface area contributed by atoms with Gasteiger partial charge in [-0.05, 0) is 53.9 Å². The highest BCUT2D eigenvalue weighted by Crippen LogP contribution is 2.23. The third-order valence-electron chi connectivity index (χ3n) is 3.37. The van der Waals surface area contributed by atoms with E-state index in [1.807, 2.05) is 19.1 Å². The van der Waals surface area contributed by atoms with Crippen molar-refractivity contribution in [2.45, 2.75) is 19.5 Å². The average Bonchev–Trinajstić information content (AvgIpc) is 2.76. The third-order valence-corrected chi connectivity index (χ3v) is 4.20. The van der Waals surface area contributed by atoms with Gasteiger partial charge in [-0.3, -0.25) is 4.90 Å². The van der Waals surface area contributed by atoms with Crippen molar-refractivity contribution in [1.29, 1.82) is 0 Å². The molecule has 0 aromatic carbocycles. The van der Waals surface area contributed by atoms with E-state index in [1.165, 1.54) is 4.90 Å². The number of pyridine rings is 1. The van der Waals surface area contributed by atoms with Gasteiger partial charge in [-0.2, -0.15) is 13.2 Å². The van der Waals surface area contributed by atoms with Gasteiger partial charge in [0.2, 0.25) is 0 Å². The Morgan fingerprint density at radius 3 is 2.85 bits per heavy atom. The summed E-state index contributed by atoms with van der Waals surface area (Å²) >= 11 is 3.38. The van der Waals surface area contributed by atoms with Crippen LogP contribution in [0.25, 0.3) is 0 Å². The third kappa shape index (κ3) is 4.63. The van der Waals surface area contributed by atoms with Crippen LogP contribution in [0.1, 0.15) is 12.1 Å². The Morgan fingerprint density at radius 2 is 2.20 bits per heavy atom. The quantitative estimate of drug-likeness (QED) is 0.900. The molecule has 0 radical (unpaired) electrons. The van der Waals surface area contributed by atoms with Crippen LogP contribution < -0.4 is 5.32 Å². The van der Waals surface area contributed by atoms with Crippen molar-refractivity contribution < 1.29 is 13.2 Å². The zero-order chi connectivity index (χ0) is 14.8. The number of alkyl halides is 3. The number of hydrogen-bond donors (Lipinski definition) is 1. The lowest BCUT2D eigenvalue weighted by Gasteiger charge is -2.18. The minimum atomic E-state index is -4.10. The number of aryl methyl sites for hydroxylation is 1. The number of nitrogens with zero attached hydrogens (tertiary/aromatic N) is 2. The lowest BCUT2D eigenvalue weighted by Crippen LogP contribution is -2.33. The van der Waals surface area contributed by atoms with Crippen LogP contribution in [0, 0.1) is 12.8 Å². The molecule has 1 aromatic heterocycles. The molecule has 1 aliphatic rings. The maximum absolute atomic E-state index is 12.3. The smallest absolute Gasteiger partial charge is 0.370 e. The van der Waals surface area contributed by atoms with Gasteiger partial charge in [-0.25, -0.2) is 4.98 Å². The second-order valence-corrected chi connectivity index (χ2v) is 6.00. The molecule has 20 heavy (non-hydrogen) atoms. The van der Waals surface area contributed by atoms with Crippen molar-refractivity contribution in [3.05, 3.63) is 22.3 Å². The Kier molecular flexibility index (Phi) is 4.90. The molecule has 0 spiro atoms. The minimum Gasteiger partial charge on any atom is -0.370 e. The monoisotopic (exact) mass is 351 g/mol. The number of nitrogens with one attached hydrogen (secondary N) is 1. The molecule has 0 bridgehead atoms. The van der Waals surface area contributed by atoms with Crippen molar-refractivity contribution in [3.8, 4) is 0 Å². The molecule has 112 valence electrons. The fraction of sp³-hybridized carbons (Fsp3) is 0.615. The van der Waals surface area contributed by atoms with Crippen LogP contribution in [0.2, 0.25) is 0 Å². The molecule has 1 unspecified atom stereocenters. The van der Waals surface area contributed by atoms with Crippen molar-refractivity contribution in [2.24, 2.45) is 5.92 Å². The predicted octanol–water partition coefficient (Wildman–Crippen LogP) is 3.45. The van der Waals surface area contributed by atoms with Crippen LogP contribution in [0.15, 0.2) is 16.6 Å². The van der Waals surface area contributed by atoms with Crippen molar-refractivity contribution in [3.63, 3.8) is 0 Å². The largest absolute Gasteiger partial charge is 0.401 e. The first-order chi connectivity index (χ1) is 9.33. The molecule has 1 fully saturated rings. The van der Waals surface area contributed by atoms with Gasteiger partial charge in [-0.15, -0.1) is 0 Å². The van der Waals surface area contributed by atoms with Gasteiger partial charge in [0.15, 0.2) is 0 Å². The Balaban J connectivity index is 1.79. The van der Waals surface area contributed by atoms with E-state index < -0.39 is 12.7 Å². The summed E-state index contributed by atoms with van der Waals surface area (Å²) in [6, 6.07) is 3.77. The van der Waals surface area contributed by atoms with Gasteiger partial charge >= 0.3 is 6.18 Å². The first-order valence-electron chi connectivity index (χ1n) is 6.49. The van der Waals surface area contributed by atoms with E-state index in [2.05, 4.69) is 26.2 Å². The first-order valence-corrected chi connectivity index (χ1v) is 7.29. The highest BCUT2D eigenvalue weighted by atomic mass is 79.9. The summed E-state index contributed by atoms with van der Waals surface area (Å²) in [5.41, 5.74) is 0.889. The lowest BCUT2D eigenvalue weighted by atomic mass is 10.1. The average molecular weight is 352 g/mol. The Hall–Kier alpha value is -0.820. The maximum Gasteiger partial charge on any atom is 0.401 e. The van der Waals surface area contributed by atoms with Crippen LogP contribution in [0.5, 0.6) is 0 Å². The minimum absolute atomic E-state index is 0.239. The normalized spacial score (nSPS) is 20.4. The molecule has 1 aliphatic heterocycles. The van der Waals surface area contributed by atoms with Crippen LogP contribution in [-0.4, -0.2) is 42.2 Å². The van der Waals surface area contributed by atoms with E-state index in [0.717, 1.165) is 22.4 Å². The standard InChI is InChI=1S/C13H17BrF3N3/c1-9-11(14)2-3-12(19-9)18-6-10-4-5-20(7-10)8-13(15,16)17/h2-3,10H,4-8H2,1H3,(H,18,19). The molecule has 2 heterocycles. The van der Waals surface area contributed by atoms with Crippen molar-refractivity contribution in [1.82, 2.24) is 9.88 Å². The van der Waals surface area contributed by atoms with Crippen molar-refractivity contribution in [2.75, 3.05) is 31.5 Å². The van der Waals surface area contributed by atoms with Crippen LogP contribution in [-0.2, 0) is 0 Å². The molecule has 0 amide bonds. The van der Waals surface area contributed by atoms with Crippen LogP contribution in [0.4, 0.5) is 19.0 Å². The second kappa shape index (κ2) is 6.30. The predicted molar refractivity (Wildman–Crippen MR) is 75.8 cm³/mol. The van der Waals surface area contributed by atoms with Gasteiger partial charge in [0.05, 0.1) is 12.2 Å². The lowest BCUT2D eigenvalue weighted by molar-refractivity contribution is -0.143. The summed E-state index contributed by atoms with van der Waals surface area (Å²) in [5.74, 6) is 1.00. The zero-order valence-corrected chi connectivity index (χ0v) is 12.8. The summed E-state index contributed by atoms with van der Waals surface area (Å²) in [4.78, 5) is 5.83. The fourth-order valence-corrected chi connectivity index (χ4v) is 2.59. The number of anilines is 1. The fourth-order valence-electron chi connectivity index (χ4n) is 2.37. The maximum atomic E-state index is 12.3. The van der Waals surface area contributed by atoms with Gasteiger partial charge in [0.25, 0.3) is 0 Å². The van der Waals surface area contributed by atoms with E-state index in [-0.39, 0.29) is 5.92 Å². The number of aromatic nitrogens is 1. The molecule has 1 N–H and O–H groups in total. The topological polar surface area (TPSA) is 28.2 Å². The first kappa shape index (κ1) is 15.6. The number of hydrogen-bond acceptors (Lipinski definition) is 3. The molecule has 7 heteroatoms. The highest BCUT2D eigenvalue weighted by Gasteiger charge is 2.34. The molecule has 1 atom stereocenters. The molecule has 0 aliphatic carbocycles. The summed E-state index contributed by atoms with van der Waals surface area (Å²) in [5, 5.41) is 3.20. The van der Waals surface area contributed by atoms with Gasteiger partial charge in [0, 0.05) is 17.6 Å². The van der Waals surface area contributed by atoms with E-state index in [0.29, 0.717) is 19.6 Å². The zero-order valence-electron chi connectivity index (χ0n) is 11.2. The van der Waals surface area contributed by atoms with E-state index >= 15 is 0 Å². The van der Waals surface area contributed by atoms with Crippen molar-refractivity contribution >= 4 is 21.7 Å². The summed E-state index contributed by atoms with van der Waals surface area (Å²) < 4.78 is 37.8. The summed E-state index contributed by atoms with van der Waals surface area (Å²) in [7, 11) is 0. The molecule has 1 saturated heterocycles. The number of likely N-dealkylation sites (tertiary alicyclic amines) is 1. The highest BCUT2D eigenvalue weighted by molar-refractivity contribution is 9.10. The van der Waals surface area contributed by atoms with Gasteiger partial charge < -0.3 is 5.32 Å². The Morgan fingerprint density at radius 1 is 1.45 bits per heavy atom.